The first-order valence-corrected chi connectivity index (χ1v) is 12.3. The van der Waals surface area contributed by atoms with Gasteiger partial charge in [-0.05, 0) is 35.4 Å². The molecule has 38 heavy (non-hydrogen) atoms. The molecule has 0 saturated heterocycles. The van der Waals surface area contributed by atoms with Gasteiger partial charge in [-0.15, -0.1) is 6.58 Å². The van der Waals surface area contributed by atoms with Crippen molar-refractivity contribution in [3.05, 3.63) is 120 Å². The van der Waals surface area contributed by atoms with Crippen molar-refractivity contribution >= 4 is 17.8 Å². The second-order valence-electron chi connectivity index (χ2n) is 9.13. The third-order valence-electron chi connectivity index (χ3n) is 6.71. The molecule has 0 bridgehead atoms. The fraction of sp³-hybridized carbons (Fsp3) is 0.207. The van der Waals surface area contributed by atoms with Crippen molar-refractivity contribution in [2.45, 2.75) is 25.0 Å². The van der Waals surface area contributed by atoms with Crippen LogP contribution in [0, 0.1) is 5.82 Å². The Hall–Kier alpha value is -4.66. The molecule has 4 amide bonds. The van der Waals surface area contributed by atoms with Gasteiger partial charge in [0.25, 0.3) is 5.91 Å². The molecule has 1 aromatic heterocycles. The molecule has 3 aromatic rings. The molecule has 194 valence electrons. The van der Waals surface area contributed by atoms with Crippen LogP contribution in [0.2, 0.25) is 0 Å². The summed E-state index contributed by atoms with van der Waals surface area (Å²) in [6, 6.07) is 16.6. The lowest BCUT2D eigenvalue weighted by atomic mass is 9.95. The summed E-state index contributed by atoms with van der Waals surface area (Å²) in [5.41, 5.74) is 2.11. The molecule has 0 saturated carbocycles. The summed E-state index contributed by atoms with van der Waals surface area (Å²) in [6.45, 7) is 4.13. The van der Waals surface area contributed by atoms with Gasteiger partial charge in [0.05, 0.1) is 36.7 Å². The highest BCUT2D eigenvalue weighted by molar-refractivity contribution is 6.03. The Bertz CT molecular complexity index is 1390. The molecule has 8 nitrogen and oxygen atoms in total. The average Bonchev–Trinajstić information content (AvgIpc) is 3.56. The van der Waals surface area contributed by atoms with Gasteiger partial charge >= 0.3 is 6.03 Å². The third-order valence-corrected chi connectivity index (χ3v) is 6.71. The Balaban J connectivity index is 1.49. The number of halogens is 1. The number of carbonyl (C=O) groups is 3. The normalized spacial score (nSPS) is 17.8. The second kappa shape index (κ2) is 10.8. The van der Waals surface area contributed by atoms with Gasteiger partial charge in [0, 0.05) is 13.0 Å². The fourth-order valence-electron chi connectivity index (χ4n) is 4.91. The van der Waals surface area contributed by atoms with E-state index in [1.165, 1.54) is 34.3 Å². The Morgan fingerprint density at radius 1 is 1.16 bits per heavy atom. The fourth-order valence-corrected chi connectivity index (χ4v) is 4.91. The molecule has 9 heteroatoms. The summed E-state index contributed by atoms with van der Waals surface area (Å²) < 4.78 is 19.4. The molecule has 2 aliphatic rings. The predicted octanol–water partition coefficient (Wildman–Crippen LogP) is 3.70. The minimum absolute atomic E-state index is 0.0485. The zero-order valence-corrected chi connectivity index (χ0v) is 20.6. The highest BCUT2D eigenvalue weighted by atomic mass is 19.1. The molecule has 2 aromatic carbocycles. The Kier molecular flexibility index (Phi) is 7.08. The maximum absolute atomic E-state index is 14.1. The molecule has 0 aliphatic carbocycles. The van der Waals surface area contributed by atoms with E-state index >= 15 is 0 Å². The van der Waals surface area contributed by atoms with Crippen LogP contribution in [0.25, 0.3) is 0 Å². The lowest BCUT2D eigenvalue weighted by Crippen LogP contribution is -2.49. The lowest BCUT2D eigenvalue weighted by Gasteiger charge is -2.33. The summed E-state index contributed by atoms with van der Waals surface area (Å²) in [6.07, 6.45) is 3.36. The van der Waals surface area contributed by atoms with Crippen LogP contribution in [0.4, 0.5) is 9.18 Å². The quantitative estimate of drug-likeness (QED) is 0.426. The van der Waals surface area contributed by atoms with Crippen LogP contribution in [0.15, 0.2) is 101 Å². The molecule has 5 rings (SSSR count). The van der Waals surface area contributed by atoms with Crippen LogP contribution in [-0.2, 0) is 22.6 Å². The lowest BCUT2D eigenvalue weighted by molar-refractivity contribution is -0.136. The van der Waals surface area contributed by atoms with E-state index in [9.17, 15) is 18.8 Å². The second-order valence-corrected chi connectivity index (χ2v) is 9.13. The smallest absolute Gasteiger partial charge is 0.322 e. The number of hydrogen-bond donors (Lipinski definition) is 2. The molecule has 0 radical (unpaired) electrons. The Morgan fingerprint density at radius 2 is 1.97 bits per heavy atom. The number of nitrogens with zero attached hydrogens (tertiary/aromatic N) is 2. The molecule has 2 aliphatic heterocycles. The maximum atomic E-state index is 14.1. The number of furan rings is 1. The van der Waals surface area contributed by atoms with Gasteiger partial charge in [0.2, 0.25) is 5.91 Å². The molecular weight excluding hydrogens is 487 g/mol. The maximum Gasteiger partial charge on any atom is 0.322 e. The predicted molar refractivity (Wildman–Crippen MR) is 138 cm³/mol. The van der Waals surface area contributed by atoms with Gasteiger partial charge in [-0.25, -0.2) is 9.18 Å². The number of benzene rings is 2. The van der Waals surface area contributed by atoms with Crippen LogP contribution in [-0.4, -0.2) is 46.8 Å². The minimum atomic E-state index is -0.862. The number of urea groups is 1. The van der Waals surface area contributed by atoms with Crippen molar-refractivity contribution in [1.82, 2.24) is 20.4 Å². The van der Waals surface area contributed by atoms with Gasteiger partial charge in [0.15, 0.2) is 0 Å². The molecular formula is C29H27FN4O4. The van der Waals surface area contributed by atoms with Crippen LogP contribution >= 0.6 is 0 Å². The monoisotopic (exact) mass is 514 g/mol. The topological polar surface area (TPSA) is 94.9 Å². The van der Waals surface area contributed by atoms with Crippen molar-refractivity contribution < 1.29 is 23.2 Å². The van der Waals surface area contributed by atoms with Crippen molar-refractivity contribution in [1.29, 1.82) is 0 Å². The summed E-state index contributed by atoms with van der Waals surface area (Å²) in [5, 5.41) is 5.71. The standard InChI is InChI=1S/C29H27FN4O4/c1-2-13-33-24-18-34(28(36)25(24)26(32-29(33)37)20-10-6-11-21(30)16-20)23(15-19-8-4-3-5-9-19)27(35)31-17-22-12-7-14-38-22/h2-12,14,16,23,26H,1,13,15,17-18H2,(H,31,35)(H,32,37)/t23-,26-/m0/s1. The summed E-state index contributed by atoms with van der Waals surface area (Å²) in [5.74, 6) is -0.637. The number of amides is 4. The largest absolute Gasteiger partial charge is 0.467 e. The zero-order valence-electron chi connectivity index (χ0n) is 20.6. The third kappa shape index (κ3) is 4.95. The van der Waals surface area contributed by atoms with E-state index in [0.717, 1.165) is 5.56 Å². The van der Waals surface area contributed by atoms with Crippen LogP contribution in [0.3, 0.4) is 0 Å². The number of hydrogen-bond acceptors (Lipinski definition) is 4. The highest BCUT2D eigenvalue weighted by Crippen LogP contribution is 2.37. The molecule has 0 fully saturated rings. The molecule has 3 heterocycles. The summed E-state index contributed by atoms with van der Waals surface area (Å²) >= 11 is 0. The van der Waals surface area contributed by atoms with Crippen LogP contribution in [0.5, 0.6) is 0 Å². The first-order valence-electron chi connectivity index (χ1n) is 12.3. The van der Waals surface area contributed by atoms with Gasteiger partial charge in [-0.2, -0.15) is 0 Å². The minimum Gasteiger partial charge on any atom is -0.467 e. The van der Waals surface area contributed by atoms with E-state index in [1.807, 2.05) is 30.3 Å². The first kappa shape index (κ1) is 25.0. The molecule has 2 N–H and O–H groups in total. The van der Waals surface area contributed by atoms with E-state index in [0.29, 0.717) is 22.6 Å². The van der Waals surface area contributed by atoms with E-state index in [1.54, 1.807) is 24.3 Å². The Labute approximate surface area is 219 Å². The Morgan fingerprint density at radius 3 is 2.68 bits per heavy atom. The van der Waals surface area contributed by atoms with E-state index in [-0.39, 0.29) is 32.0 Å². The van der Waals surface area contributed by atoms with Gasteiger partial charge < -0.3 is 20.0 Å². The molecule has 2 atom stereocenters. The molecule has 0 spiro atoms. The number of rotatable bonds is 9. The van der Waals surface area contributed by atoms with E-state index in [2.05, 4.69) is 17.2 Å². The van der Waals surface area contributed by atoms with E-state index < -0.39 is 29.8 Å². The zero-order chi connectivity index (χ0) is 26.6. The average molecular weight is 515 g/mol. The van der Waals surface area contributed by atoms with Gasteiger partial charge in [-0.1, -0.05) is 48.5 Å². The summed E-state index contributed by atoms with van der Waals surface area (Å²) in [4.78, 5) is 43.5. The van der Waals surface area contributed by atoms with E-state index in [4.69, 9.17) is 4.42 Å². The van der Waals surface area contributed by atoms with Crippen molar-refractivity contribution in [3.63, 3.8) is 0 Å². The number of carbonyl (C=O) groups excluding carboxylic acids is 3. The van der Waals surface area contributed by atoms with Crippen LogP contribution in [0.1, 0.15) is 22.9 Å². The van der Waals surface area contributed by atoms with Crippen molar-refractivity contribution in [3.8, 4) is 0 Å². The number of nitrogens with one attached hydrogen (secondary N) is 2. The molecule has 0 unspecified atom stereocenters. The van der Waals surface area contributed by atoms with Crippen molar-refractivity contribution in [2.75, 3.05) is 13.1 Å². The van der Waals surface area contributed by atoms with Crippen LogP contribution < -0.4 is 10.6 Å². The SMILES string of the molecule is C=CCN1C(=O)N[C@@H](c2cccc(F)c2)C2=C1CN([C@@H](Cc1ccccc1)C(=O)NCc1ccco1)C2=O. The van der Waals surface area contributed by atoms with Crippen molar-refractivity contribution in [2.24, 2.45) is 0 Å². The summed E-state index contributed by atoms with van der Waals surface area (Å²) in [7, 11) is 0. The first-order chi connectivity index (χ1) is 18.5. The van der Waals surface area contributed by atoms with Gasteiger partial charge in [0.1, 0.15) is 17.6 Å². The van der Waals surface area contributed by atoms with Gasteiger partial charge in [-0.3, -0.25) is 14.5 Å². The highest BCUT2D eigenvalue weighted by Gasteiger charge is 2.47.